The molecule has 0 spiro atoms. The van der Waals surface area contributed by atoms with Crippen molar-refractivity contribution in [2.45, 2.75) is 25.9 Å². The second-order valence-corrected chi connectivity index (χ2v) is 4.28. The molecule has 1 aromatic rings. The van der Waals surface area contributed by atoms with Crippen LogP contribution in [-0.4, -0.2) is 35.9 Å². The molecule has 2 atom stereocenters. The highest BCUT2D eigenvalue weighted by molar-refractivity contribution is 5.86. The molecule has 1 fully saturated rings. The molecule has 2 unspecified atom stereocenters. The Kier molecular flexibility index (Phi) is 3.61. The third-order valence-electron chi connectivity index (χ3n) is 2.70. The van der Waals surface area contributed by atoms with Crippen LogP contribution in [0.15, 0.2) is 10.6 Å². The van der Waals surface area contributed by atoms with Crippen LogP contribution in [0.5, 0.6) is 0 Å². The molecule has 2 rings (SSSR count). The van der Waals surface area contributed by atoms with Gasteiger partial charge in [0.2, 0.25) is 17.7 Å². The average molecular weight is 252 g/mol. The van der Waals surface area contributed by atoms with Gasteiger partial charge < -0.3 is 15.1 Å². The number of nitrogens with one attached hydrogen (secondary N) is 3. The lowest BCUT2D eigenvalue weighted by Crippen LogP contribution is -2.58. The van der Waals surface area contributed by atoms with E-state index in [9.17, 15) is 9.59 Å². The second kappa shape index (κ2) is 5.18. The first-order chi connectivity index (χ1) is 8.56. The first kappa shape index (κ1) is 12.6. The third-order valence-corrected chi connectivity index (χ3v) is 2.70. The van der Waals surface area contributed by atoms with Crippen molar-refractivity contribution in [1.82, 2.24) is 20.9 Å². The van der Waals surface area contributed by atoms with Crippen molar-refractivity contribution in [3.05, 3.63) is 17.8 Å². The molecule has 3 N–H and O–H groups in total. The van der Waals surface area contributed by atoms with Crippen molar-refractivity contribution >= 4 is 11.8 Å². The number of amides is 2. The van der Waals surface area contributed by atoms with Crippen LogP contribution < -0.4 is 16.0 Å². The molecule has 0 aromatic carbocycles. The number of nitrogens with zero attached hydrogens (tertiary/aromatic N) is 1. The summed E-state index contributed by atoms with van der Waals surface area (Å²) in [7, 11) is 0. The van der Waals surface area contributed by atoms with E-state index >= 15 is 0 Å². The van der Waals surface area contributed by atoms with E-state index in [4.69, 9.17) is 4.42 Å². The van der Waals surface area contributed by atoms with Crippen LogP contribution in [0.25, 0.3) is 0 Å². The number of hydrogen-bond donors (Lipinski definition) is 3. The number of oxazole rings is 1. The van der Waals surface area contributed by atoms with E-state index in [1.54, 1.807) is 20.0 Å². The van der Waals surface area contributed by atoms with Crippen molar-refractivity contribution < 1.29 is 14.0 Å². The predicted molar refractivity (Wildman–Crippen MR) is 62.6 cm³/mol. The number of piperazine rings is 1. The van der Waals surface area contributed by atoms with E-state index in [0.29, 0.717) is 18.2 Å². The van der Waals surface area contributed by atoms with Gasteiger partial charge in [-0.05, 0) is 13.8 Å². The molecule has 2 heterocycles. The summed E-state index contributed by atoms with van der Waals surface area (Å²) in [6, 6.07) is -0.716. The lowest BCUT2D eigenvalue weighted by Gasteiger charge is -2.24. The Balaban J connectivity index is 1.89. The highest BCUT2D eigenvalue weighted by atomic mass is 16.4. The number of aromatic nitrogens is 1. The Hall–Kier alpha value is -1.89. The summed E-state index contributed by atoms with van der Waals surface area (Å²) < 4.78 is 5.33. The molecule has 0 radical (unpaired) electrons. The fourth-order valence-corrected chi connectivity index (χ4v) is 1.70. The van der Waals surface area contributed by atoms with Gasteiger partial charge in [0.1, 0.15) is 17.8 Å². The molecule has 1 saturated heterocycles. The Morgan fingerprint density at radius 1 is 1.67 bits per heavy atom. The standard InChI is InChI=1S/C11H16N4O3/c1-6-3-14-11(18-6)7(2)15-10(17)8-4-13-9(16)5-12-8/h3,7-8,12H,4-5H2,1-2H3,(H,13,16)(H,15,17). The Bertz CT molecular complexity index is 447. The highest BCUT2D eigenvalue weighted by Crippen LogP contribution is 2.11. The van der Waals surface area contributed by atoms with Crippen LogP contribution in [0.4, 0.5) is 0 Å². The fourth-order valence-electron chi connectivity index (χ4n) is 1.70. The number of carbonyl (C=O) groups is 2. The van der Waals surface area contributed by atoms with E-state index in [1.807, 2.05) is 0 Å². The number of carbonyl (C=O) groups excluding carboxylic acids is 2. The molecule has 0 aliphatic carbocycles. The minimum absolute atomic E-state index is 0.101. The SMILES string of the molecule is Cc1cnc(C(C)NC(=O)C2CNC(=O)CN2)o1. The minimum Gasteiger partial charge on any atom is -0.444 e. The number of rotatable bonds is 3. The fraction of sp³-hybridized carbons (Fsp3) is 0.545. The van der Waals surface area contributed by atoms with Crippen molar-refractivity contribution in [1.29, 1.82) is 0 Å². The largest absolute Gasteiger partial charge is 0.444 e. The molecule has 1 aromatic heterocycles. The van der Waals surface area contributed by atoms with Gasteiger partial charge in [-0.1, -0.05) is 0 Å². The van der Waals surface area contributed by atoms with Gasteiger partial charge in [-0.2, -0.15) is 0 Å². The maximum absolute atomic E-state index is 11.9. The van der Waals surface area contributed by atoms with Gasteiger partial charge >= 0.3 is 0 Å². The van der Waals surface area contributed by atoms with E-state index < -0.39 is 6.04 Å². The Morgan fingerprint density at radius 2 is 2.44 bits per heavy atom. The first-order valence-corrected chi connectivity index (χ1v) is 5.79. The topological polar surface area (TPSA) is 96.3 Å². The number of hydrogen-bond acceptors (Lipinski definition) is 5. The lowest BCUT2D eigenvalue weighted by atomic mass is 10.2. The second-order valence-electron chi connectivity index (χ2n) is 4.28. The maximum Gasteiger partial charge on any atom is 0.239 e. The van der Waals surface area contributed by atoms with Crippen molar-refractivity contribution in [3.8, 4) is 0 Å². The van der Waals surface area contributed by atoms with Gasteiger partial charge in [0.05, 0.1) is 12.7 Å². The summed E-state index contributed by atoms with van der Waals surface area (Å²) in [4.78, 5) is 26.9. The van der Waals surface area contributed by atoms with Gasteiger partial charge in [0, 0.05) is 6.54 Å². The van der Waals surface area contributed by atoms with Crippen LogP contribution in [0, 0.1) is 6.92 Å². The van der Waals surface area contributed by atoms with E-state index in [0.717, 1.165) is 0 Å². The minimum atomic E-state index is -0.416. The molecule has 1 aliphatic rings. The van der Waals surface area contributed by atoms with E-state index in [2.05, 4.69) is 20.9 Å². The summed E-state index contributed by atoms with van der Waals surface area (Å²) in [5, 5.41) is 8.27. The number of aryl methyl sites for hydroxylation is 1. The first-order valence-electron chi connectivity index (χ1n) is 5.79. The molecular weight excluding hydrogens is 236 g/mol. The van der Waals surface area contributed by atoms with Crippen LogP contribution in [0.2, 0.25) is 0 Å². The van der Waals surface area contributed by atoms with Gasteiger partial charge in [0.15, 0.2) is 0 Å². The summed E-state index contributed by atoms with van der Waals surface area (Å²) in [6.45, 7) is 4.04. The van der Waals surface area contributed by atoms with Crippen molar-refractivity contribution in [2.24, 2.45) is 0 Å². The molecule has 18 heavy (non-hydrogen) atoms. The van der Waals surface area contributed by atoms with E-state index in [1.165, 1.54) is 0 Å². The molecule has 1 aliphatic heterocycles. The van der Waals surface area contributed by atoms with Crippen molar-refractivity contribution in [3.63, 3.8) is 0 Å². The monoisotopic (exact) mass is 252 g/mol. The molecule has 0 bridgehead atoms. The van der Waals surface area contributed by atoms with Gasteiger partial charge in [0.25, 0.3) is 0 Å². The predicted octanol–water partition coefficient (Wildman–Crippen LogP) is -0.752. The molecule has 0 saturated carbocycles. The lowest BCUT2D eigenvalue weighted by molar-refractivity contribution is -0.127. The highest BCUT2D eigenvalue weighted by Gasteiger charge is 2.25. The molecule has 2 amide bonds. The Morgan fingerprint density at radius 3 is 3.00 bits per heavy atom. The average Bonchev–Trinajstić information content (AvgIpc) is 2.76. The Labute approximate surface area is 104 Å². The smallest absolute Gasteiger partial charge is 0.239 e. The summed E-state index contributed by atoms with van der Waals surface area (Å²) >= 11 is 0. The zero-order chi connectivity index (χ0) is 13.1. The van der Waals surface area contributed by atoms with Crippen LogP contribution >= 0.6 is 0 Å². The van der Waals surface area contributed by atoms with Crippen molar-refractivity contribution in [2.75, 3.05) is 13.1 Å². The van der Waals surface area contributed by atoms with Crippen LogP contribution in [-0.2, 0) is 9.59 Å². The maximum atomic E-state index is 11.9. The summed E-state index contributed by atoms with van der Waals surface area (Å²) in [5.41, 5.74) is 0. The van der Waals surface area contributed by atoms with Crippen LogP contribution in [0.1, 0.15) is 24.6 Å². The molecule has 7 nitrogen and oxygen atoms in total. The quantitative estimate of drug-likeness (QED) is 0.657. The molecule has 98 valence electrons. The van der Waals surface area contributed by atoms with Gasteiger partial charge in [-0.25, -0.2) is 4.98 Å². The third kappa shape index (κ3) is 2.86. The zero-order valence-corrected chi connectivity index (χ0v) is 10.3. The van der Waals surface area contributed by atoms with Crippen LogP contribution in [0.3, 0.4) is 0 Å². The molecular formula is C11H16N4O3. The summed E-state index contributed by atoms with van der Waals surface area (Å²) in [6.07, 6.45) is 1.61. The normalized spacial score (nSPS) is 21.2. The summed E-state index contributed by atoms with van der Waals surface area (Å²) in [5.74, 6) is 0.892. The van der Waals surface area contributed by atoms with Gasteiger partial charge in [-0.15, -0.1) is 0 Å². The molecule has 7 heteroatoms. The zero-order valence-electron chi connectivity index (χ0n) is 10.3. The van der Waals surface area contributed by atoms with Gasteiger partial charge in [-0.3, -0.25) is 14.9 Å². The van der Waals surface area contributed by atoms with E-state index in [-0.39, 0.29) is 24.4 Å².